The summed E-state index contributed by atoms with van der Waals surface area (Å²) in [6, 6.07) is 4.36. The molecule has 1 unspecified atom stereocenters. The van der Waals surface area contributed by atoms with Gasteiger partial charge in [0.2, 0.25) is 10.0 Å². The summed E-state index contributed by atoms with van der Waals surface area (Å²) in [5.74, 6) is 0.695. The summed E-state index contributed by atoms with van der Waals surface area (Å²) in [6.07, 6.45) is 0. The second-order valence-corrected chi connectivity index (χ2v) is 6.82. The van der Waals surface area contributed by atoms with Gasteiger partial charge >= 0.3 is 0 Å². The molecular weight excluding hydrogens is 292 g/mol. The van der Waals surface area contributed by atoms with E-state index in [4.69, 9.17) is 15.2 Å². The highest BCUT2D eigenvalue weighted by atomic mass is 32.2. The number of hydrogen-bond acceptors (Lipinski definition) is 5. The van der Waals surface area contributed by atoms with Crippen molar-refractivity contribution in [2.45, 2.75) is 31.3 Å². The number of methoxy groups -OCH3 is 2. The molecule has 0 spiro atoms. The normalized spacial score (nSPS) is 13.4. The van der Waals surface area contributed by atoms with Crippen molar-refractivity contribution in [2.24, 2.45) is 11.7 Å². The van der Waals surface area contributed by atoms with E-state index in [1.807, 2.05) is 13.8 Å². The van der Waals surface area contributed by atoms with Crippen molar-refractivity contribution in [1.29, 1.82) is 0 Å². The Morgan fingerprint density at radius 3 is 2.43 bits per heavy atom. The largest absolute Gasteiger partial charge is 0.496 e. The Kier molecular flexibility index (Phi) is 6.60. The highest BCUT2D eigenvalue weighted by molar-refractivity contribution is 7.89. The van der Waals surface area contributed by atoms with Gasteiger partial charge in [0, 0.05) is 25.3 Å². The summed E-state index contributed by atoms with van der Waals surface area (Å²) in [5.41, 5.74) is 6.27. The van der Waals surface area contributed by atoms with Gasteiger partial charge in [-0.15, -0.1) is 0 Å². The van der Waals surface area contributed by atoms with E-state index in [0.717, 1.165) is 0 Å². The number of sulfonamides is 1. The molecule has 0 fully saturated rings. The van der Waals surface area contributed by atoms with E-state index in [9.17, 15) is 8.42 Å². The maximum Gasteiger partial charge on any atom is 0.240 e. The Balaban J connectivity index is 3.07. The van der Waals surface area contributed by atoms with Crippen molar-refractivity contribution in [2.75, 3.05) is 20.8 Å². The summed E-state index contributed by atoms with van der Waals surface area (Å²) in [7, 11) is -0.558. The van der Waals surface area contributed by atoms with Gasteiger partial charge in [-0.05, 0) is 24.1 Å². The average Bonchev–Trinajstić information content (AvgIpc) is 2.45. The van der Waals surface area contributed by atoms with Crippen LogP contribution in [0, 0.1) is 5.92 Å². The molecule has 0 saturated heterocycles. The molecule has 0 amide bonds. The number of nitrogens with one attached hydrogen (secondary N) is 1. The zero-order valence-electron chi connectivity index (χ0n) is 12.9. The minimum atomic E-state index is -3.63. The number of hydrogen-bond donors (Lipinski definition) is 2. The molecule has 1 aromatic carbocycles. The lowest BCUT2D eigenvalue weighted by molar-refractivity contribution is 0.157. The van der Waals surface area contributed by atoms with Crippen molar-refractivity contribution in [3.05, 3.63) is 23.8 Å². The van der Waals surface area contributed by atoms with E-state index >= 15 is 0 Å². The lowest BCUT2D eigenvalue weighted by Crippen LogP contribution is -2.41. The molecule has 1 aromatic rings. The van der Waals surface area contributed by atoms with E-state index in [0.29, 0.717) is 17.9 Å². The molecule has 0 aliphatic rings. The summed E-state index contributed by atoms with van der Waals surface area (Å²) in [6.45, 7) is 4.39. The van der Waals surface area contributed by atoms with Crippen LogP contribution in [0.25, 0.3) is 0 Å². The van der Waals surface area contributed by atoms with Gasteiger partial charge in [-0.2, -0.15) is 0 Å². The molecule has 0 aliphatic carbocycles. The third kappa shape index (κ3) is 4.67. The molecule has 0 aliphatic heterocycles. The van der Waals surface area contributed by atoms with Crippen LogP contribution < -0.4 is 15.2 Å². The van der Waals surface area contributed by atoms with Gasteiger partial charge in [-0.3, -0.25) is 0 Å². The van der Waals surface area contributed by atoms with Gasteiger partial charge in [0.25, 0.3) is 0 Å². The topological polar surface area (TPSA) is 90.6 Å². The standard InChI is InChI=1S/C14H24N2O4S/c1-10(2)13(9-19-3)16-21(17,18)12-5-6-14(20-4)11(7-12)8-15/h5-7,10,13,16H,8-9,15H2,1-4H3. The molecule has 3 N–H and O–H groups in total. The highest BCUT2D eigenvalue weighted by Crippen LogP contribution is 2.22. The zero-order valence-corrected chi connectivity index (χ0v) is 13.7. The lowest BCUT2D eigenvalue weighted by atomic mass is 10.1. The van der Waals surface area contributed by atoms with Crippen molar-refractivity contribution >= 4 is 10.0 Å². The third-order valence-electron chi connectivity index (χ3n) is 3.24. The van der Waals surface area contributed by atoms with Crippen LogP contribution in [-0.2, 0) is 21.3 Å². The Morgan fingerprint density at radius 2 is 1.95 bits per heavy atom. The first-order valence-corrected chi connectivity index (χ1v) is 8.22. The van der Waals surface area contributed by atoms with Crippen molar-refractivity contribution < 1.29 is 17.9 Å². The average molecular weight is 316 g/mol. The Morgan fingerprint density at radius 1 is 1.29 bits per heavy atom. The Hall–Kier alpha value is -1.15. The lowest BCUT2D eigenvalue weighted by Gasteiger charge is -2.21. The fourth-order valence-corrected chi connectivity index (χ4v) is 3.31. The summed E-state index contributed by atoms with van der Waals surface area (Å²) in [5, 5.41) is 0. The van der Waals surface area contributed by atoms with E-state index in [1.165, 1.54) is 19.2 Å². The molecule has 6 nitrogen and oxygen atoms in total. The number of rotatable bonds is 8. The summed E-state index contributed by atoms with van der Waals surface area (Å²) >= 11 is 0. The van der Waals surface area contributed by atoms with E-state index < -0.39 is 10.0 Å². The van der Waals surface area contributed by atoms with Gasteiger partial charge in [0.05, 0.1) is 18.6 Å². The molecule has 0 bridgehead atoms. The molecule has 7 heteroatoms. The molecule has 0 heterocycles. The van der Waals surface area contributed by atoms with Crippen LogP contribution in [0.4, 0.5) is 0 Å². The summed E-state index contributed by atoms with van der Waals surface area (Å²) in [4.78, 5) is 0.172. The van der Waals surface area contributed by atoms with Gasteiger partial charge in [-0.25, -0.2) is 13.1 Å². The van der Waals surface area contributed by atoms with Gasteiger partial charge in [0.15, 0.2) is 0 Å². The van der Waals surface area contributed by atoms with Crippen LogP contribution >= 0.6 is 0 Å². The Bertz CT molecular complexity index is 558. The predicted octanol–water partition coefficient (Wildman–Crippen LogP) is 1.10. The highest BCUT2D eigenvalue weighted by Gasteiger charge is 2.23. The molecule has 0 aromatic heterocycles. The minimum Gasteiger partial charge on any atom is -0.496 e. The molecule has 0 radical (unpaired) electrons. The fraction of sp³-hybridized carbons (Fsp3) is 0.571. The summed E-state index contributed by atoms with van der Waals surface area (Å²) < 4.78 is 37.8. The number of ether oxygens (including phenoxy) is 2. The first-order valence-electron chi connectivity index (χ1n) is 6.74. The molecule has 120 valence electrons. The quantitative estimate of drug-likeness (QED) is 0.749. The van der Waals surface area contributed by atoms with Crippen LogP contribution in [-0.4, -0.2) is 35.3 Å². The van der Waals surface area contributed by atoms with Crippen molar-refractivity contribution in [3.8, 4) is 5.75 Å². The maximum atomic E-state index is 12.4. The second kappa shape index (κ2) is 7.74. The van der Waals surface area contributed by atoms with Crippen molar-refractivity contribution in [3.63, 3.8) is 0 Å². The SMILES string of the molecule is COCC(NS(=O)(=O)c1ccc(OC)c(CN)c1)C(C)C. The Labute approximate surface area is 126 Å². The van der Waals surface area contributed by atoms with E-state index in [-0.39, 0.29) is 23.4 Å². The number of benzene rings is 1. The number of nitrogens with two attached hydrogens (primary N) is 1. The first kappa shape index (κ1) is 17.9. The smallest absolute Gasteiger partial charge is 0.240 e. The monoisotopic (exact) mass is 316 g/mol. The second-order valence-electron chi connectivity index (χ2n) is 5.10. The minimum absolute atomic E-state index is 0.118. The van der Waals surface area contributed by atoms with E-state index in [2.05, 4.69) is 4.72 Å². The molecule has 0 saturated carbocycles. The molecule has 1 atom stereocenters. The van der Waals surface area contributed by atoms with Crippen LogP contribution in [0.5, 0.6) is 5.75 Å². The van der Waals surface area contributed by atoms with Gasteiger partial charge in [-0.1, -0.05) is 13.8 Å². The van der Waals surface area contributed by atoms with Crippen LogP contribution in [0.1, 0.15) is 19.4 Å². The maximum absolute atomic E-state index is 12.4. The van der Waals surface area contributed by atoms with E-state index in [1.54, 1.807) is 13.2 Å². The van der Waals surface area contributed by atoms with Crippen LogP contribution in [0.2, 0.25) is 0 Å². The fourth-order valence-electron chi connectivity index (χ4n) is 1.89. The van der Waals surface area contributed by atoms with Gasteiger partial charge < -0.3 is 15.2 Å². The first-order chi connectivity index (χ1) is 9.85. The predicted molar refractivity (Wildman–Crippen MR) is 81.7 cm³/mol. The molecule has 21 heavy (non-hydrogen) atoms. The van der Waals surface area contributed by atoms with Gasteiger partial charge in [0.1, 0.15) is 5.75 Å². The molecule has 1 rings (SSSR count). The molecular formula is C14H24N2O4S. The van der Waals surface area contributed by atoms with Crippen molar-refractivity contribution in [1.82, 2.24) is 4.72 Å². The van der Waals surface area contributed by atoms with Crippen LogP contribution in [0.15, 0.2) is 23.1 Å². The zero-order chi connectivity index (χ0) is 16.0. The van der Waals surface area contributed by atoms with Crippen LogP contribution in [0.3, 0.4) is 0 Å². The third-order valence-corrected chi connectivity index (χ3v) is 4.73.